The summed E-state index contributed by atoms with van der Waals surface area (Å²) in [5.74, 6) is 0. The summed E-state index contributed by atoms with van der Waals surface area (Å²) in [6, 6.07) is 4.08. The number of fused-ring (bicyclic) bond motifs is 1. The van der Waals surface area contributed by atoms with E-state index < -0.39 is 0 Å². The minimum atomic E-state index is 0.0844. The number of rotatable bonds is 2. The van der Waals surface area contributed by atoms with Crippen LogP contribution >= 0.6 is 11.3 Å². The van der Waals surface area contributed by atoms with Crippen LogP contribution in [0.5, 0.6) is 0 Å². The molecule has 3 rings (SSSR count). The standard InChI is InChI=1S/C11H10N2O2S/c14-5-8-9-6-15-10(4-13(9)7-12-8)11-2-1-3-16-11/h1-3,5,7,10H,4,6H2/t10-/m0/s1. The van der Waals surface area contributed by atoms with E-state index >= 15 is 0 Å². The van der Waals surface area contributed by atoms with Crippen LogP contribution in [0.4, 0.5) is 0 Å². The highest BCUT2D eigenvalue weighted by Gasteiger charge is 2.23. The molecule has 2 aromatic rings. The molecule has 16 heavy (non-hydrogen) atoms. The fourth-order valence-electron chi connectivity index (χ4n) is 1.89. The quantitative estimate of drug-likeness (QED) is 0.747. The van der Waals surface area contributed by atoms with Crippen molar-refractivity contribution in [2.75, 3.05) is 0 Å². The third kappa shape index (κ3) is 1.48. The van der Waals surface area contributed by atoms with Gasteiger partial charge in [0.25, 0.3) is 0 Å². The molecule has 0 saturated heterocycles. The Hall–Kier alpha value is -1.46. The van der Waals surface area contributed by atoms with Gasteiger partial charge < -0.3 is 9.30 Å². The Kier molecular flexibility index (Phi) is 2.34. The van der Waals surface area contributed by atoms with Crippen molar-refractivity contribution in [2.24, 2.45) is 0 Å². The third-order valence-electron chi connectivity index (χ3n) is 2.73. The topological polar surface area (TPSA) is 44.1 Å². The number of aldehydes is 1. The number of carbonyl (C=O) groups excluding carboxylic acids is 1. The van der Waals surface area contributed by atoms with E-state index in [1.807, 2.05) is 16.0 Å². The Morgan fingerprint density at radius 1 is 1.62 bits per heavy atom. The highest BCUT2D eigenvalue weighted by atomic mass is 32.1. The van der Waals surface area contributed by atoms with Gasteiger partial charge in [-0.25, -0.2) is 4.98 Å². The van der Waals surface area contributed by atoms with Crippen LogP contribution in [0.25, 0.3) is 0 Å². The van der Waals surface area contributed by atoms with Gasteiger partial charge in [0.2, 0.25) is 0 Å². The molecule has 2 aromatic heterocycles. The lowest BCUT2D eigenvalue weighted by molar-refractivity contribution is 0.00495. The van der Waals surface area contributed by atoms with E-state index in [-0.39, 0.29) is 6.10 Å². The van der Waals surface area contributed by atoms with Crippen LogP contribution in [0.1, 0.15) is 27.2 Å². The molecule has 0 aliphatic carbocycles. The van der Waals surface area contributed by atoms with Crippen molar-refractivity contribution in [3.63, 3.8) is 0 Å². The van der Waals surface area contributed by atoms with Gasteiger partial charge in [0, 0.05) is 4.88 Å². The molecular weight excluding hydrogens is 224 g/mol. The Morgan fingerprint density at radius 2 is 2.56 bits per heavy atom. The average Bonchev–Trinajstić information content (AvgIpc) is 2.97. The van der Waals surface area contributed by atoms with Gasteiger partial charge in [0.15, 0.2) is 6.29 Å². The average molecular weight is 234 g/mol. The van der Waals surface area contributed by atoms with Crippen LogP contribution in [0.2, 0.25) is 0 Å². The summed E-state index contributed by atoms with van der Waals surface area (Å²) in [5, 5.41) is 2.04. The smallest absolute Gasteiger partial charge is 0.170 e. The molecule has 0 saturated carbocycles. The Labute approximate surface area is 96.5 Å². The van der Waals surface area contributed by atoms with Crippen molar-refractivity contribution in [3.05, 3.63) is 40.1 Å². The van der Waals surface area contributed by atoms with Crippen molar-refractivity contribution in [1.29, 1.82) is 0 Å². The number of nitrogens with zero attached hydrogens (tertiary/aromatic N) is 2. The minimum Gasteiger partial charge on any atom is -0.365 e. The van der Waals surface area contributed by atoms with Gasteiger partial charge in [-0.3, -0.25) is 4.79 Å². The molecule has 0 amide bonds. The van der Waals surface area contributed by atoms with E-state index in [1.165, 1.54) is 4.88 Å². The monoisotopic (exact) mass is 234 g/mol. The summed E-state index contributed by atoms with van der Waals surface area (Å²) in [7, 11) is 0. The second-order valence-electron chi connectivity index (χ2n) is 3.66. The minimum absolute atomic E-state index is 0.0844. The van der Waals surface area contributed by atoms with Gasteiger partial charge in [-0.1, -0.05) is 6.07 Å². The lowest BCUT2D eigenvalue weighted by atomic mass is 10.2. The van der Waals surface area contributed by atoms with E-state index in [0.717, 1.165) is 18.5 Å². The largest absolute Gasteiger partial charge is 0.365 e. The summed E-state index contributed by atoms with van der Waals surface area (Å²) in [4.78, 5) is 16.0. The fourth-order valence-corrected chi connectivity index (χ4v) is 2.66. The highest BCUT2D eigenvalue weighted by Crippen LogP contribution is 2.29. The van der Waals surface area contributed by atoms with Gasteiger partial charge >= 0.3 is 0 Å². The first-order chi connectivity index (χ1) is 7.88. The van der Waals surface area contributed by atoms with Crippen molar-refractivity contribution >= 4 is 17.6 Å². The Morgan fingerprint density at radius 3 is 3.31 bits per heavy atom. The van der Waals surface area contributed by atoms with E-state index in [2.05, 4.69) is 11.1 Å². The first-order valence-corrected chi connectivity index (χ1v) is 5.90. The third-order valence-corrected chi connectivity index (χ3v) is 3.70. The lowest BCUT2D eigenvalue weighted by Gasteiger charge is -2.24. The number of ether oxygens (including phenoxy) is 1. The molecular formula is C11H10N2O2S. The Balaban J connectivity index is 1.90. The van der Waals surface area contributed by atoms with Gasteiger partial charge in [0.05, 0.1) is 25.2 Å². The number of aromatic nitrogens is 2. The molecule has 0 radical (unpaired) electrons. The fraction of sp³-hybridized carbons (Fsp3) is 0.273. The lowest BCUT2D eigenvalue weighted by Crippen LogP contribution is -2.20. The zero-order valence-corrected chi connectivity index (χ0v) is 9.31. The zero-order chi connectivity index (χ0) is 11.0. The molecule has 0 spiro atoms. The first kappa shape index (κ1) is 9.74. The molecule has 82 valence electrons. The SMILES string of the molecule is O=Cc1ncn2c1CO[C@H](c1cccs1)C2. The molecule has 0 unspecified atom stereocenters. The normalized spacial score (nSPS) is 19.4. The van der Waals surface area contributed by atoms with Crippen molar-refractivity contribution in [1.82, 2.24) is 9.55 Å². The van der Waals surface area contributed by atoms with Gasteiger partial charge in [0.1, 0.15) is 11.8 Å². The summed E-state index contributed by atoms with van der Waals surface area (Å²) < 4.78 is 7.74. The molecule has 0 aromatic carbocycles. The number of hydrogen-bond donors (Lipinski definition) is 0. The van der Waals surface area contributed by atoms with Crippen molar-refractivity contribution in [3.8, 4) is 0 Å². The van der Waals surface area contributed by atoms with Gasteiger partial charge in [-0.05, 0) is 11.4 Å². The predicted octanol–water partition coefficient (Wildman–Crippen LogP) is 2.03. The van der Waals surface area contributed by atoms with Gasteiger partial charge in [-0.15, -0.1) is 11.3 Å². The molecule has 1 atom stereocenters. The van der Waals surface area contributed by atoms with E-state index in [9.17, 15) is 4.79 Å². The highest BCUT2D eigenvalue weighted by molar-refractivity contribution is 7.10. The molecule has 0 N–H and O–H groups in total. The van der Waals surface area contributed by atoms with Crippen LogP contribution < -0.4 is 0 Å². The number of carbonyl (C=O) groups is 1. The first-order valence-electron chi connectivity index (χ1n) is 5.02. The van der Waals surface area contributed by atoms with E-state index in [1.54, 1.807) is 17.7 Å². The van der Waals surface area contributed by atoms with Crippen LogP contribution in [0.3, 0.4) is 0 Å². The number of imidazole rings is 1. The maximum atomic E-state index is 10.7. The maximum Gasteiger partial charge on any atom is 0.170 e. The van der Waals surface area contributed by atoms with E-state index in [4.69, 9.17) is 4.74 Å². The molecule has 0 bridgehead atoms. The summed E-state index contributed by atoms with van der Waals surface area (Å²) in [6.07, 6.45) is 2.57. The molecule has 1 aliphatic heterocycles. The maximum absolute atomic E-state index is 10.7. The number of hydrogen-bond acceptors (Lipinski definition) is 4. The second kappa shape index (κ2) is 3.84. The van der Waals surface area contributed by atoms with E-state index in [0.29, 0.717) is 12.3 Å². The van der Waals surface area contributed by atoms with Crippen LogP contribution in [0.15, 0.2) is 23.8 Å². The predicted molar refractivity (Wildman–Crippen MR) is 59.5 cm³/mol. The molecule has 3 heterocycles. The number of thiophene rings is 1. The zero-order valence-electron chi connectivity index (χ0n) is 8.50. The molecule has 4 nitrogen and oxygen atoms in total. The summed E-state index contributed by atoms with van der Waals surface area (Å²) >= 11 is 1.69. The van der Waals surface area contributed by atoms with Crippen molar-refractivity contribution in [2.45, 2.75) is 19.3 Å². The Bertz CT molecular complexity index is 504. The summed E-state index contributed by atoms with van der Waals surface area (Å²) in [5.41, 5.74) is 1.37. The van der Waals surface area contributed by atoms with Gasteiger partial charge in [-0.2, -0.15) is 0 Å². The van der Waals surface area contributed by atoms with Crippen LogP contribution in [0, 0.1) is 0 Å². The molecule has 0 fully saturated rings. The molecule has 1 aliphatic rings. The van der Waals surface area contributed by atoms with Crippen LogP contribution in [-0.4, -0.2) is 15.8 Å². The second-order valence-corrected chi connectivity index (χ2v) is 4.64. The molecule has 5 heteroatoms. The summed E-state index contributed by atoms with van der Waals surface area (Å²) in [6.45, 7) is 1.19. The van der Waals surface area contributed by atoms with Crippen molar-refractivity contribution < 1.29 is 9.53 Å². The van der Waals surface area contributed by atoms with Crippen LogP contribution in [-0.2, 0) is 17.9 Å².